The Bertz CT molecular complexity index is 1430. The number of hydrogen-bond donors (Lipinski definition) is 3. The Balaban J connectivity index is 1.33. The number of rotatable bonds is 6. The fraction of sp³-hybridized carbons (Fsp3) is 0.600. The van der Waals surface area contributed by atoms with Crippen LogP contribution in [0.25, 0.3) is 22.2 Å². The van der Waals surface area contributed by atoms with Crippen LogP contribution in [0.5, 0.6) is 0 Å². The standard InChI is InChI=1S/C25H34N8O3S/c1-3-21-25(29-15-4-7-19(34)8-15)31-22-20(12-27-24(26)23(22)30-21)14-11-28-32(13-14)18-9-16-5-6-17(10-18)33(16)37(2,35)36/h11-13,15-19,34H,3-10H2,1-2H3,(H2,26,27)(H,29,31)/t15-,16-,17+,18-,19+/m1/s1. The quantitative estimate of drug-likeness (QED) is 0.440. The number of piperidine rings is 1. The highest BCUT2D eigenvalue weighted by atomic mass is 32.2. The average Bonchev–Trinajstić information content (AvgIpc) is 3.57. The van der Waals surface area contributed by atoms with Crippen LogP contribution in [-0.2, 0) is 16.4 Å². The highest BCUT2D eigenvalue weighted by Gasteiger charge is 2.45. The summed E-state index contributed by atoms with van der Waals surface area (Å²) >= 11 is 0. The maximum Gasteiger partial charge on any atom is 0.211 e. The molecule has 0 unspecified atom stereocenters. The first-order chi connectivity index (χ1) is 17.7. The number of aliphatic hydroxyl groups excluding tert-OH is 1. The predicted molar refractivity (Wildman–Crippen MR) is 141 cm³/mol. The molecule has 198 valence electrons. The van der Waals surface area contributed by atoms with Crippen LogP contribution in [0, 0.1) is 0 Å². The second kappa shape index (κ2) is 9.17. The predicted octanol–water partition coefficient (Wildman–Crippen LogP) is 2.49. The van der Waals surface area contributed by atoms with Gasteiger partial charge in [0.2, 0.25) is 10.0 Å². The summed E-state index contributed by atoms with van der Waals surface area (Å²) in [5, 5.41) is 18.1. The second-order valence-electron chi connectivity index (χ2n) is 10.7. The van der Waals surface area contributed by atoms with E-state index in [9.17, 15) is 13.5 Å². The largest absolute Gasteiger partial charge is 0.393 e. The Hall–Kier alpha value is -2.83. The van der Waals surface area contributed by atoms with E-state index in [1.165, 1.54) is 6.26 Å². The summed E-state index contributed by atoms with van der Waals surface area (Å²) in [4.78, 5) is 14.2. The summed E-state index contributed by atoms with van der Waals surface area (Å²) in [6.07, 6.45) is 12.9. The third kappa shape index (κ3) is 4.44. The van der Waals surface area contributed by atoms with Crippen molar-refractivity contribution in [1.29, 1.82) is 0 Å². The number of sulfonamides is 1. The van der Waals surface area contributed by atoms with Crippen molar-refractivity contribution in [1.82, 2.24) is 29.0 Å². The Kier molecular flexibility index (Phi) is 6.08. The summed E-state index contributed by atoms with van der Waals surface area (Å²) < 4.78 is 28.3. The minimum absolute atomic E-state index is 0.0338. The first kappa shape index (κ1) is 24.5. The van der Waals surface area contributed by atoms with Crippen molar-refractivity contribution in [3.8, 4) is 11.1 Å². The van der Waals surface area contributed by atoms with Gasteiger partial charge in [0.05, 0.1) is 30.3 Å². The van der Waals surface area contributed by atoms with Crippen molar-refractivity contribution in [3.05, 3.63) is 24.3 Å². The van der Waals surface area contributed by atoms with E-state index in [2.05, 4.69) is 15.4 Å². The van der Waals surface area contributed by atoms with Crippen LogP contribution in [0.15, 0.2) is 18.6 Å². The van der Waals surface area contributed by atoms with Crippen LogP contribution in [-0.4, -0.2) is 73.0 Å². The molecule has 11 nitrogen and oxygen atoms in total. The molecule has 1 aliphatic carbocycles. The average molecular weight is 527 g/mol. The topological polar surface area (TPSA) is 152 Å². The maximum atomic E-state index is 12.3. The number of aliphatic hydroxyl groups is 1. The maximum absolute atomic E-state index is 12.3. The van der Waals surface area contributed by atoms with Crippen molar-refractivity contribution >= 4 is 32.7 Å². The van der Waals surface area contributed by atoms with Crippen molar-refractivity contribution in [2.24, 2.45) is 0 Å². The normalized spacial score (nSPS) is 28.2. The van der Waals surface area contributed by atoms with Crippen LogP contribution < -0.4 is 11.1 Å². The number of aryl methyl sites for hydroxylation is 1. The Morgan fingerprint density at radius 3 is 2.46 bits per heavy atom. The van der Waals surface area contributed by atoms with Gasteiger partial charge in [-0.3, -0.25) is 4.68 Å². The summed E-state index contributed by atoms with van der Waals surface area (Å²) in [5.74, 6) is 1.05. The number of nitrogens with zero attached hydrogens (tertiary/aromatic N) is 6. The number of nitrogen functional groups attached to an aromatic ring is 1. The van der Waals surface area contributed by atoms with Crippen LogP contribution in [0.4, 0.5) is 11.6 Å². The molecule has 4 N–H and O–H groups in total. The number of fused-ring (bicyclic) bond motifs is 3. The minimum Gasteiger partial charge on any atom is -0.393 e. The van der Waals surface area contributed by atoms with Gasteiger partial charge < -0.3 is 16.2 Å². The van der Waals surface area contributed by atoms with Gasteiger partial charge in [0.15, 0.2) is 5.82 Å². The third-order valence-electron chi connectivity index (χ3n) is 8.19. The van der Waals surface area contributed by atoms with E-state index >= 15 is 0 Å². The van der Waals surface area contributed by atoms with Crippen molar-refractivity contribution in [2.75, 3.05) is 17.3 Å². The van der Waals surface area contributed by atoms with Gasteiger partial charge in [-0.2, -0.15) is 9.40 Å². The van der Waals surface area contributed by atoms with Gasteiger partial charge >= 0.3 is 0 Å². The molecule has 37 heavy (non-hydrogen) atoms. The number of hydrogen-bond acceptors (Lipinski definition) is 9. The molecule has 6 rings (SSSR count). The minimum atomic E-state index is -3.21. The first-order valence-electron chi connectivity index (χ1n) is 13.1. The van der Waals surface area contributed by atoms with Gasteiger partial charge in [0, 0.05) is 41.6 Å². The molecule has 2 bridgehead atoms. The molecule has 0 amide bonds. The monoisotopic (exact) mass is 526 g/mol. The molecule has 2 aliphatic heterocycles. The molecule has 5 atom stereocenters. The number of nitrogens with one attached hydrogen (secondary N) is 1. The van der Waals surface area contributed by atoms with E-state index in [1.807, 2.05) is 24.0 Å². The number of pyridine rings is 1. The zero-order valence-electron chi connectivity index (χ0n) is 21.2. The second-order valence-corrected chi connectivity index (χ2v) is 12.6. The van der Waals surface area contributed by atoms with Crippen LogP contribution in [0.2, 0.25) is 0 Å². The smallest absolute Gasteiger partial charge is 0.211 e. The van der Waals surface area contributed by atoms with Gasteiger partial charge in [0.25, 0.3) is 0 Å². The van der Waals surface area contributed by atoms with Crippen LogP contribution in [0.3, 0.4) is 0 Å². The van der Waals surface area contributed by atoms with E-state index in [1.54, 1.807) is 10.5 Å². The molecular formula is C25H34N8O3S. The summed E-state index contributed by atoms with van der Waals surface area (Å²) in [6.45, 7) is 2.03. The van der Waals surface area contributed by atoms with Gasteiger partial charge in [-0.25, -0.2) is 23.4 Å². The Morgan fingerprint density at radius 2 is 1.81 bits per heavy atom. The molecule has 12 heteroatoms. The lowest BCUT2D eigenvalue weighted by molar-refractivity contribution is 0.182. The summed E-state index contributed by atoms with van der Waals surface area (Å²) in [5.41, 5.74) is 9.95. The fourth-order valence-electron chi connectivity index (χ4n) is 6.49. The molecule has 0 radical (unpaired) electrons. The SMILES string of the molecule is CCc1nc2c(N)ncc(-c3cnn([C@@H]4C[C@H]5CC[C@@H](C4)N5S(C)(=O)=O)c3)c2nc1N[C@@H]1CC[C@H](O)C1. The van der Waals surface area contributed by atoms with Crippen molar-refractivity contribution in [3.63, 3.8) is 0 Å². The molecule has 2 saturated heterocycles. The molecule has 3 fully saturated rings. The molecule has 0 aromatic carbocycles. The number of aromatic nitrogens is 5. The van der Waals surface area contributed by atoms with Gasteiger partial charge in [0.1, 0.15) is 16.9 Å². The first-order valence-corrected chi connectivity index (χ1v) is 15.0. The van der Waals surface area contributed by atoms with E-state index in [-0.39, 0.29) is 30.3 Å². The molecule has 1 saturated carbocycles. The lowest BCUT2D eigenvalue weighted by atomic mass is 10.00. The molecule has 3 aromatic rings. The Morgan fingerprint density at radius 1 is 1.05 bits per heavy atom. The van der Waals surface area contributed by atoms with E-state index in [0.29, 0.717) is 29.7 Å². The number of anilines is 2. The van der Waals surface area contributed by atoms with E-state index in [4.69, 9.17) is 15.7 Å². The van der Waals surface area contributed by atoms with Crippen LogP contribution in [0.1, 0.15) is 63.6 Å². The number of nitrogens with two attached hydrogens (primary N) is 1. The van der Waals surface area contributed by atoms with Crippen LogP contribution >= 0.6 is 0 Å². The lowest BCUT2D eigenvalue weighted by Gasteiger charge is -2.37. The zero-order valence-corrected chi connectivity index (χ0v) is 22.0. The summed E-state index contributed by atoms with van der Waals surface area (Å²) in [6, 6.07) is 0.365. The highest BCUT2D eigenvalue weighted by molar-refractivity contribution is 7.88. The van der Waals surface area contributed by atoms with Gasteiger partial charge in [-0.05, 0) is 51.4 Å². The van der Waals surface area contributed by atoms with Crippen molar-refractivity contribution < 1.29 is 13.5 Å². The molecule has 3 aromatic heterocycles. The molecular weight excluding hydrogens is 492 g/mol. The van der Waals surface area contributed by atoms with Gasteiger partial charge in [-0.15, -0.1) is 0 Å². The van der Waals surface area contributed by atoms with Gasteiger partial charge in [-0.1, -0.05) is 6.92 Å². The summed E-state index contributed by atoms with van der Waals surface area (Å²) in [7, 11) is -3.21. The third-order valence-corrected chi connectivity index (χ3v) is 9.55. The molecule has 0 spiro atoms. The van der Waals surface area contributed by atoms with E-state index < -0.39 is 10.0 Å². The molecule has 5 heterocycles. The Labute approximate surface area is 216 Å². The highest BCUT2D eigenvalue weighted by Crippen LogP contribution is 2.42. The van der Waals surface area contributed by atoms with Crippen molar-refractivity contribution in [2.45, 2.75) is 88.6 Å². The fourth-order valence-corrected chi connectivity index (χ4v) is 7.95. The lowest BCUT2D eigenvalue weighted by Crippen LogP contribution is -2.46. The molecule has 3 aliphatic rings. The van der Waals surface area contributed by atoms with E-state index in [0.717, 1.165) is 61.2 Å². The zero-order chi connectivity index (χ0) is 25.9.